The number of hydrazine groups is 1. The van der Waals surface area contributed by atoms with Crippen LogP contribution in [0.3, 0.4) is 0 Å². The van der Waals surface area contributed by atoms with E-state index in [1.807, 2.05) is 30.3 Å². The SMILES string of the molecule is CCNC(=O)N(C)NC(=O)C1CC(=O)N(Cc2ccccc2)C1. The molecule has 7 heteroatoms. The molecular weight excluding hydrogens is 296 g/mol. The van der Waals surface area contributed by atoms with Crippen LogP contribution in [0.4, 0.5) is 4.79 Å². The van der Waals surface area contributed by atoms with Gasteiger partial charge in [-0.1, -0.05) is 30.3 Å². The highest BCUT2D eigenvalue weighted by Crippen LogP contribution is 2.20. The van der Waals surface area contributed by atoms with Crippen LogP contribution in [0, 0.1) is 5.92 Å². The summed E-state index contributed by atoms with van der Waals surface area (Å²) in [7, 11) is 1.47. The zero-order valence-corrected chi connectivity index (χ0v) is 13.4. The Bertz CT molecular complexity index is 576. The number of carbonyl (C=O) groups excluding carboxylic acids is 3. The van der Waals surface area contributed by atoms with Crippen molar-refractivity contribution in [3.63, 3.8) is 0 Å². The lowest BCUT2D eigenvalue weighted by atomic mass is 10.1. The predicted octanol–water partition coefficient (Wildman–Crippen LogP) is 0.728. The molecule has 4 amide bonds. The Morgan fingerprint density at radius 2 is 2.00 bits per heavy atom. The maximum absolute atomic E-state index is 12.2. The Labute approximate surface area is 135 Å². The Kier molecular flexibility index (Phi) is 5.56. The highest BCUT2D eigenvalue weighted by molar-refractivity contribution is 5.90. The highest BCUT2D eigenvalue weighted by atomic mass is 16.2. The smallest absolute Gasteiger partial charge is 0.335 e. The molecule has 0 aliphatic carbocycles. The van der Waals surface area contributed by atoms with Gasteiger partial charge in [-0.05, 0) is 12.5 Å². The minimum Gasteiger partial charge on any atom is -0.338 e. The molecule has 124 valence electrons. The van der Waals surface area contributed by atoms with Gasteiger partial charge >= 0.3 is 6.03 Å². The molecule has 0 aromatic heterocycles. The van der Waals surface area contributed by atoms with Crippen LogP contribution in [0.1, 0.15) is 18.9 Å². The molecule has 0 radical (unpaired) electrons. The molecule has 1 fully saturated rings. The molecule has 1 unspecified atom stereocenters. The van der Waals surface area contributed by atoms with Gasteiger partial charge in [0.15, 0.2) is 0 Å². The second-order valence-corrected chi connectivity index (χ2v) is 5.53. The monoisotopic (exact) mass is 318 g/mol. The lowest BCUT2D eigenvalue weighted by Crippen LogP contribution is -2.50. The van der Waals surface area contributed by atoms with Crippen molar-refractivity contribution in [2.45, 2.75) is 19.9 Å². The number of rotatable bonds is 4. The summed E-state index contributed by atoms with van der Waals surface area (Å²) in [5.41, 5.74) is 3.54. The molecule has 1 atom stereocenters. The third-order valence-corrected chi connectivity index (χ3v) is 3.71. The molecule has 0 saturated carbocycles. The van der Waals surface area contributed by atoms with Crippen LogP contribution in [0.15, 0.2) is 30.3 Å². The quantitative estimate of drug-likeness (QED) is 0.803. The molecule has 0 spiro atoms. The lowest BCUT2D eigenvalue weighted by Gasteiger charge is -2.21. The van der Waals surface area contributed by atoms with Crippen LogP contribution in [-0.2, 0) is 16.1 Å². The molecule has 1 aliphatic heterocycles. The van der Waals surface area contributed by atoms with Crippen molar-refractivity contribution < 1.29 is 14.4 Å². The van der Waals surface area contributed by atoms with Crippen LogP contribution < -0.4 is 10.7 Å². The Balaban J connectivity index is 1.89. The molecular formula is C16H22N4O3. The zero-order chi connectivity index (χ0) is 16.8. The summed E-state index contributed by atoms with van der Waals surface area (Å²) in [6.07, 6.45) is 0.169. The average molecular weight is 318 g/mol. The number of likely N-dealkylation sites (tertiary alicyclic amines) is 1. The number of hydrogen-bond acceptors (Lipinski definition) is 3. The normalized spacial score (nSPS) is 17.0. The van der Waals surface area contributed by atoms with Crippen LogP contribution in [0.2, 0.25) is 0 Å². The van der Waals surface area contributed by atoms with Crippen molar-refractivity contribution in [2.75, 3.05) is 20.1 Å². The van der Waals surface area contributed by atoms with Gasteiger partial charge in [0, 0.05) is 33.1 Å². The van der Waals surface area contributed by atoms with E-state index < -0.39 is 5.92 Å². The number of hydrogen-bond donors (Lipinski definition) is 2. The van der Waals surface area contributed by atoms with E-state index in [2.05, 4.69) is 10.7 Å². The fourth-order valence-corrected chi connectivity index (χ4v) is 2.48. The first-order chi connectivity index (χ1) is 11.0. The van der Waals surface area contributed by atoms with Crippen LogP contribution >= 0.6 is 0 Å². The molecule has 0 bridgehead atoms. The number of amides is 4. The average Bonchev–Trinajstić information content (AvgIpc) is 2.89. The van der Waals surface area contributed by atoms with E-state index in [9.17, 15) is 14.4 Å². The predicted molar refractivity (Wildman–Crippen MR) is 84.9 cm³/mol. The lowest BCUT2D eigenvalue weighted by molar-refractivity contribution is -0.130. The molecule has 1 aromatic carbocycles. The third kappa shape index (κ3) is 4.45. The number of nitrogens with zero attached hydrogens (tertiary/aromatic N) is 2. The van der Waals surface area contributed by atoms with Gasteiger partial charge in [0.2, 0.25) is 11.8 Å². The van der Waals surface area contributed by atoms with E-state index in [0.717, 1.165) is 10.6 Å². The summed E-state index contributed by atoms with van der Waals surface area (Å²) >= 11 is 0. The van der Waals surface area contributed by atoms with Gasteiger partial charge in [-0.15, -0.1) is 0 Å². The summed E-state index contributed by atoms with van der Waals surface area (Å²) in [6, 6.07) is 9.27. The van der Waals surface area contributed by atoms with Gasteiger partial charge in [-0.25, -0.2) is 9.80 Å². The first-order valence-electron chi connectivity index (χ1n) is 7.65. The van der Waals surface area contributed by atoms with Crippen molar-refractivity contribution >= 4 is 17.8 Å². The number of urea groups is 1. The minimum absolute atomic E-state index is 0.0466. The molecule has 7 nitrogen and oxygen atoms in total. The van der Waals surface area contributed by atoms with E-state index in [4.69, 9.17) is 0 Å². The minimum atomic E-state index is -0.442. The standard InChI is InChI=1S/C16H22N4O3/c1-3-17-16(23)19(2)18-15(22)13-9-14(21)20(11-13)10-12-7-5-4-6-8-12/h4-8,13H,3,9-11H2,1-2H3,(H,17,23)(H,18,22). The molecule has 2 N–H and O–H groups in total. The topological polar surface area (TPSA) is 81.8 Å². The summed E-state index contributed by atoms with van der Waals surface area (Å²) in [5.74, 6) is -0.805. The van der Waals surface area contributed by atoms with Gasteiger partial charge in [0.05, 0.1) is 5.92 Å². The molecule has 23 heavy (non-hydrogen) atoms. The summed E-state index contributed by atoms with van der Waals surface area (Å²) in [5, 5.41) is 3.69. The number of nitrogens with one attached hydrogen (secondary N) is 2. The molecule has 1 heterocycles. The first kappa shape index (κ1) is 16.8. The fraction of sp³-hybridized carbons (Fsp3) is 0.438. The van der Waals surface area contributed by atoms with Crippen molar-refractivity contribution in [1.29, 1.82) is 0 Å². The third-order valence-electron chi connectivity index (χ3n) is 3.71. The van der Waals surface area contributed by atoms with E-state index in [0.29, 0.717) is 19.6 Å². The van der Waals surface area contributed by atoms with Crippen LogP contribution in [-0.4, -0.2) is 47.9 Å². The van der Waals surface area contributed by atoms with Crippen LogP contribution in [0.25, 0.3) is 0 Å². The van der Waals surface area contributed by atoms with Crippen molar-refractivity contribution in [3.8, 4) is 0 Å². The number of benzene rings is 1. The molecule has 1 aromatic rings. The van der Waals surface area contributed by atoms with Gasteiger partial charge in [-0.2, -0.15) is 0 Å². The van der Waals surface area contributed by atoms with Crippen molar-refractivity contribution in [3.05, 3.63) is 35.9 Å². The fourth-order valence-electron chi connectivity index (χ4n) is 2.48. The largest absolute Gasteiger partial charge is 0.338 e. The molecule has 2 rings (SSSR count). The summed E-state index contributed by atoms with van der Waals surface area (Å²) < 4.78 is 0. The van der Waals surface area contributed by atoms with Crippen molar-refractivity contribution in [2.24, 2.45) is 5.92 Å². The Morgan fingerprint density at radius 3 is 2.65 bits per heavy atom. The highest BCUT2D eigenvalue weighted by Gasteiger charge is 2.34. The van der Waals surface area contributed by atoms with E-state index in [1.54, 1.807) is 11.8 Å². The van der Waals surface area contributed by atoms with E-state index >= 15 is 0 Å². The van der Waals surface area contributed by atoms with Gasteiger partial charge in [0.1, 0.15) is 0 Å². The van der Waals surface area contributed by atoms with Crippen LogP contribution in [0.5, 0.6) is 0 Å². The Morgan fingerprint density at radius 1 is 1.30 bits per heavy atom. The van der Waals surface area contributed by atoms with Gasteiger partial charge in [0.25, 0.3) is 0 Å². The van der Waals surface area contributed by atoms with E-state index in [-0.39, 0.29) is 24.3 Å². The second kappa shape index (κ2) is 7.62. The van der Waals surface area contributed by atoms with Gasteiger partial charge in [-0.3, -0.25) is 15.0 Å². The maximum Gasteiger partial charge on any atom is 0.335 e. The van der Waals surface area contributed by atoms with Gasteiger partial charge < -0.3 is 10.2 Å². The maximum atomic E-state index is 12.2. The molecule has 1 saturated heterocycles. The number of carbonyl (C=O) groups is 3. The molecule has 1 aliphatic rings. The van der Waals surface area contributed by atoms with E-state index in [1.165, 1.54) is 7.05 Å². The summed E-state index contributed by atoms with van der Waals surface area (Å²) in [6.45, 7) is 3.13. The second-order valence-electron chi connectivity index (χ2n) is 5.53. The van der Waals surface area contributed by atoms with Crippen molar-refractivity contribution in [1.82, 2.24) is 20.7 Å². The first-order valence-corrected chi connectivity index (χ1v) is 7.65. The zero-order valence-electron chi connectivity index (χ0n) is 13.4. The summed E-state index contributed by atoms with van der Waals surface area (Å²) in [4.78, 5) is 37.5. The Hall–Kier alpha value is -2.57.